The van der Waals surface area contributed by atoms with E-state index >= 15 is 0 Å². The lowest BCUT2D eigenvalue weighted by Gasteiger charge is -2.16. The number of nitrogens with one attached hydrogen (secondary N) is 1. The number of carbonyl (C=O) groups excluding carboxylic acids is 1. The van der Waals surface area contributed by atoms with Crippen molar-refractivity contribution in [1.29, 1.82) is 0 Å². The summed E-state index contributed by atoms with van der Waals surface area (Å²) in [6, 6.07) is 16.9. The summed E-state index contributed by atoms with van der Waals surface area (Å²) in [7, 11) is 0. The number of ether oxygens (including phenoxy) is 1. The van der Waals surface area contributed by atoms with Gasteiger partial charge in [-0.15, -0.1) is 0 Å². The van der Waals surface area contributed by atoms with Crippen molar-refractivity contribution in [3.8, 4) is 11.1 Å². The zero-order chi connectivity index (χ0) is 25.4. The van der Waals surface area contributed by atoms with Crippen LogP contribution in [0.4, 0.5) is 18.0 Å². The largest absolute Gasteiger partial charge is 0.480 e. The van der Waals surface area contributed by atoms with Gasteiger partial charge >= 0.3 is 18.2 Å². The fraction of sp³-hybridized carbons (Fsp3) is 0.192. The summed E-state index contributed by atoms with van der Waals surface area (Å²) in [6.07, 6.45) is -5.88. The molecule has 0 spiro atoms. The summed E-state index contributed by atoms with van der Waals surface area (Å²) in [5, 5.41) is 11.8. The van der Waals surface area contributed by atoms with Crippen LogP contribution in [0.25, 0.3) is 22.2 Å². The summed E-state index contributed by atoms with van der Waals surface area (Å²) >= 11 is 0. The SMILES string of the molecule is O=C(NC(Cc1nc2ccc(C(F)(F)F)cc2o1)C(=O)O)OCC1c2ccccc2-c2ccccc21. The number of carboxylic acid groups (broad SMARTS) is 1. The molecule has 10 heteroatoms. The van der Waals surface area contributed by atoms with Gasteiger partial charge in [-0.25, -0.2) is 14.6 Å². The summed E-state index contributed by atoms with van der Waals surface area (Å²) in [5.41, 5.74) is 3.21. The average Bonchev–Trinajstić information content (AvgIpc) is 3.39. The minimum atomic E-state index is -4.56. The number of hydrogen-bond acceptors (Lipinski definition) is 5. The summed E-state index contributed by atoms with van der Waals surface area (Å²) in [6.45, 7) is -0.00466. The second-order valence-electron chi connectivity index (χ2n) is 8.35. The standard InChI is InChI=1S/C26H19F3N2O5/c27-26(28,29)14-9-10-20-22(11-14)36-23(30-20)12-21(24(32)33)31-25(34)35-13-19-17-7-3-1-5-15(17)16-6-2-4-8-18(16)19/h1-11,19,21H,12-13H2,(H,31,34)(H,32,33). The minimum Gasteiger partial charge on any atom is -0.480 e. The summed E-state index contributed by atoms with van der Waals surface area (Å²) in [4.78, 5) is 28.3. The Balaban J connectivity index is 1.27. The van der Waals surface area contributed by atoms with Gasteiger partial charge in [-0.05, 0) is 40.5 Å². The number of halogens is 3. The Bertz CT molecular complexity index is 1420. The van der Waals surface area contributed by atoms with Crippen LogP contribution in [-0.2, 0) is 22.1 Å². The molecule has 4 aromatic rings. The van der Waals surface area contributed by atoms with Crippen molar-refractivity contribution in [2.24, 2.45) is 0 Å². The maximum absolute atomic E-state index is 12.9. The monoisotopic (exact) mass is 496 g/mol. The number of carbonyl (C=O) groups is 2. The number of oxazole rings is 1. The van der Waals surface area contributed by atoms with Crippen LogP contribution in [0.2, 0.25) is 0 Å². The van der Waals surface area contributed by atoms with E-state index in [1.165, 1.54) is 0 Å². The molecule has 0 aliphatic heterocycles. The number of rotatable bonds is 6. The van der Waals surface area contributed by atoms with E-state index in [0.717, 1.165) is 40.5 Å². The smallest absolute Gasteiger partial charge is 0.416 e. The van der Waals surface area contributed by atoms with Crippen molar-refractivity contribution in [3.63, 3.8) is 0 Å². The fourth-order valence-corrected chi connectivity index (χ4v) is 4.39. The molecule has 2 N–H and O–H groups in total. The Morgan fingerprint density at radius 3 is 2.28 bits per heavy atom. The Morgan fingerprint density at radius 1 is 1.03 bits per heavy atom. The van der Waals surface area contributed by atoms with Crippen molar-refractivity contribution in [3.05, 3.63) is 89.3 Å². The number of aromatic nitrogens is 1. The molecule has 1 aliphatic rings. The molecule has 1 amide bonds. The van der Waals surface area contributed by atoms with Crippen molar-refractivity contribution in [2.45, 2.75) is 24.6 Å². The van der Waals surface area contributed by atoms with E-state index in [1.807, 2.05) is 48.5 Å². The summed E-state index contributed by atoms with van der Waals surface area (Å²) < 4.78 is 49.5. The highest BCUT2D eigenvalue weighted by Gasteiger charge is 2.32. The third-order valence-electron chi connectivity index (χ3n) is 6.07. The predicted molar refractivity (Wildman–Crippen MR) is 122 cm³/mol. The highest BCUT2D eigenvalue weighted by atomic mass is 19.4. The van der Waals surface area contributed by atoms with Gasteiger partial charge in [0.25, 0.3) is 0 Å². The maximum atomic E-state index is 12.9. The van der Waals surface area contributed by atoms with Gasteiger partial charge in [0, 0.05) is 5.92 Å². The topological polar surface area (TPSA) is 102 Å². The number of alkyl carbamates (subject to hydrolysis) is 1. The van der Waals surface area contributed by atoms with E-state index in [1.54, 1.807) is 0 Å². The quantitative estimate of drug-likeness (QED) is 0.372. The van der Waals surface area contributed by atoms with E-state index in [2.05, 4.69) is 10.3 Å². The lowest BCUT2D eigenvalue weighted by atomic mass is 9.98. The van der Waals surface area contributed by atoms with Crippen LogP contribution in [0.15, 0.2) is 71.1 Å². The molecule has 7 nitrogen and oxygen atoms in total. The van der Waals surface area contributed by atoms with Crippen LogP contribution in [0.1, 0.15) is 28.5 Å². The Kier molecular flexibility index (Phi) is 5.87. The first-order chi connectivity index (χ1) is 17.2. The molecule has 3 aromatic carbocycles. The van der Waals surface area contributed by atoms with Crippen molar-refractivity contribution >= 4 is 23.2 Å². The number of carboxylic acids is 1. The van der Waals surface area contributed by atoms with Gasteiger partial charge in [0.15, 0.2) is 11.5 Å². The summed E-state index contributed by atoms with van der Waals surface area (Å²) in [5.74, 6) is -1.70. The number of alkyl halides is 3. The van der Waals surface area contributed by atoms with Crippen LogP contribution >= 0.6 is 0 Å². The van der Waals surface area contributed by atoms with Gasteiger partial charge in [0.1, 0.15) is 18.2 Å². The molecule has 184 valence electrons. The molecule has 36 heavy (non-hydrogen) atoms. The number of nitrogens with zero attached hydrogens (tertiary/aromatic N) is 1. The van der Waals surface area contributed by atoms with Gasteiger partial charge in [0.2, 0.25) is 0 Å². The van der Waals surface area contributed by atoms with Crippen molar-refractivity contribution in [1.82, 2.24) is 10.3 Å². The Morgan fingerprint density at radius 2 is 1.67 bits per heavy atom. The first-order valence-corrected chi connectivity index (χ1v) is 11.0. The molecule has 5 rings (SSSR count). The Labute approximate surface area is 202 Å². The number of benzene rings is 3. The molecule has 0 saturated carbocycles. The first-order valence-electron chi connectivity index (χ1n) is 11.0. The molecule has 1 unspecified atom stereocenters. The maximum Gasteiger partial charge on any atom is 0.416 e. The fourth-order valence-electron chi connectivity index (χ4n) is 4.39. The van der Waals surface area contributed by atoms with Gasteiger partial charge in [0.05, 0.1) is 12.0 Å². The number of hydrogen-bond donors (Lipinski definition) is 2. The van der Waals surface area contributed by atoms with Gasteiger partial charge in [-0.1, -0.05) is 48.5 Å². The molecule has 0 fully saturated rings. The van der Waals surface area contributed by atoms with E-state index < -0.39 is 29.8 Å². The van der Waals surface area contributed by atoms with E-state index in [-0.39, 0.29) is 35.9 Å². The molecule has 1 aliphatic carbocycles. The molecular formula is C26H19F3N2O5. The lowest BCUT2D eigenvalue weighted by Crippen LogP contribution is -2.43. The van der Waals surface area contributed by atoms with Gasteiger partial charge < -0.3 is 19.6 Å². The molecule has 1 heterocycles. The highest BCUT2D eigenvalue weighted by Crippen LogP contribution is 2.44. The number of fused-ring (bicyclic) bond motifs is 4. The number of amides is 1. The van der Waals surface area contributed by atoms with Crippen molar-refractivity contribution in [2.75, 3.05) is 6.61 Å². The lowest BCUT2D eigenvalue weighted by molar-refractivity contribution is -0.139. The van der Waals surface area contributed by atoms with Crippen LogP contribution in [-0.4, -0.2) is 34.8 Å². The van der Waals surface area contributed by atoms with E-state index in [4.69, 9.17) is 9.15 Å². The first kappa shape index (κ1) is 23.4. The van der Waals surface area contributed by atoms with E-state index in [0.29, 0.717) is 0 Å². The van der Waals surface area contributed by atoms with Crippen LogP contribution < -0.4 is 5.32 Å². The van der Waals surface area contributed by atoms with Crippen LogP contribution in [0.5, 0.6) is 0 Å². The zero-order valence-electron chi connectivity index (χ0n) is 18.6. The van der Waals surface area contributed by atoms with Crippen molar-refractivity contribution < 1.29 is 37.0 Å². The second kappa shape index (κ2) is 9.03. The van der Waals surface area contributed by atoms with Crippen LogP contribution in [0, 0.1) is 0 Å². The second-order valence-corrected chi connectivity index (χ2v) is 8.35. The molecular weight excluding hydrogens is 477 g/mol. The normalized spacial score (nSPS) is 13.8. The molecule has 0 radical (unpaired) electrons. The molecule has 0 saturated heterocycles. The Hall–Kier alpha value is -4.34. The minimum absolute atomic E-state index is 0.00466. The number of aliphatic carboxylic acids is 1. The predicted octanol–water partition coefficient (Wildman–Crippen LogP) is 5.38. The highest BCUT2D eigenvalue weighted by molar-refractivity contribution is 5.81. The zero-order valence-corrected chi connectivity index (χ0v) is 18.6. The van der Waals surface area contributed by atoms with Gasteiger partial charge in [-0.2, -0.15) is 13.2 Å². The molecule has 1 atom stereocenters. The van der Waals surface area contributed by atoms with E-state index in [9.17, 15) is 27.9 Å². The third kappa shape index (κ3) is 4.49. The van der Waals surface area contributed by atoms with Crippen LogP contribution in [0.3, 0.4) is 0 Å². The molecule has 1 aromatic heterocycles. The average molecular weight is 496 g/mol. The third-order valence-corrected chi connectivity index (χ3v) is 6.07. The molecule has 0 bridgehead atoms. The van der Waals surface area contributed by atoms with Gasteiger partial charge in [-0.3, -0.25) is 0 Å².